The van der Waals surface area contributed by atoms with Crippen molar-refractivity contribution in [2.24, 2.45) is 0 Å². The van der Waals surface area contributed by atoms with Gasteiger partial charge in [-0.2, -0.15) is 0 Å². The van der Waals surface area contributed by atoms with Gasteiger partial charge in [0.05, 0.1) is 13.7 Å². The second-order valence-corrected chi connectivity index (χ2v) is 10.8. The third-order valence-corrected chi connectivity index (χ3v) is 7.27. The summed E-state index contributed by atoms with van der Waals surface area (Å²) in [7, 11) is 3.26. The normalized spacial score (nSPS) is 10.9. The summed E-state index contributed by atoms with van der Waals surface area (Å²) in [5, 5.41) is 0.716. The molecule has 0 fully saturated rings. The van der Waals surface area contributed by atoms with E-state index in [1.807, 2.05) is 72.9 Å². The van der Waals surface area contributed by atoms with E-state index in [2.05, 4.69) is 4.57 Å². The maximum atomic E-state index is 14.0. The number of hydrogen-bond acceptors (Lipinski definition) is 4. The molecule has 1 aromatic heterocycles. The smallest absolute Gasteiger partial charge is 0.254 e. The molecule has 9 heteroatoms. The monoisotopic (exact) mass is 607 g/mol. The highest BCUT2D eigenvalue weighted by atomic mass is 35.5. The molecule has 7 nitrogen and oxygen atoms in total. The first kappa shape index (κ1) is 31.2. The molecule has 0 aliphatic heterocycles. The number of methoxy groups -OCH3 is 2. The van der Waals surface area contributed by atoms with Crippen LogP contribution in [0.3, 0.4) is 0 Å². The van der Waals surface area contributed by atoms with Gasteiger partial charge in [0.2, 0.25) is 5.91 Å². The largest absolute Gasteiger partial charge is 0.497 e. The van der Waals surface area contributed by atoms with Gasteiger partial charge in [-0.25, -0.2) is 0 Å². The van der Waals surface area contributed by atoms with E-state index in [4.69, 9.17) is 32.7 Å². The highest BCUT2D eigenvalue weighted by Crippen LogP contribution is 2.21. The number of ether oxygens (including phenoxy) is 2. The second kappa shape index (κ2) is 15.4. The summed E-state index contributed by atoms with van der Waals surface area (Å²) in [4.78, 5) is 30.9. The maximum Gasteiger partial charge on any atom is 0.254 e. The van der Waals surface area contributed by atoms with Crippen molar-refractivity contribution in [1.29, 1.82) is 0 Å². The number of benzene rings is 3. The van der Waals surface area contributed by atoms with Crippen molar-refractivity contribution in [3.05, 3.63) is 124 Å². The maximum absolute atomic E-state index is 14.0. The van der Waals surface area contributed by atoms with Crippen molar-refractivity contribution in [3.8, 4) is 5.75 Å². The van der Waals surface area contributed by atoms with Gasteiger partial charge >= 0.3 is 0 Å². The summed E-state index contributed by atoms with van der Waals surface area (Å²) in [6.07, 6.45) is 2.58. The number of amides is 2. The molecule has 0 saturated heterocycles. The Morgan fingerprint density at radius 2 is 1.55 bits per heavy atom. The van der Waals surface area contributed by atoms with E-state index in [0.717, 1.165) is 22.6 Å². The predicted octanol–water partition coefficient (Wildman–Crippen LogP) is 6.56. The van der Waals surface area contributed by atoms with E-state index in [1.54, 1.807) is 37.3 Å². The molecule has 0 bridgehead atoms. The van der Waals surface area contributed by atoms with E-state index < -0.39 is 0 Å². The van der Waals surface area contributed by atoms with Crippen molar-refractivity contribution < 1.29 is 19.1 Å². The Bertz CT molecular complexity index is 1450. The molecule has 0 radical (unpaired) electrons. The van der Waals surface area contributed by atoms with Crippen molar-refractivity contribution in [2.75, 3.05) is 33.9 Å². The Kier molecular flexibility index (Phi) is 11.5. The Balaban J connectivity index is 1.58. The third-order valence-electron chi connectivity index (χ3n) is 6.83. The molecule has 1 heterocycles. The molecule has 0 unspecified atom stereocenters. The molecular formula is C33H35Cl2N3O4. The predicted molar refractivity (Wildman–Crippen MR) is 166 cm³/mol. The van der Waals surface area contributed by atoms with Gasteiger partial charge in [0.25, 0.3) is 5.91 Å². The molecule has 4 rings (SSSR count). The average Bonchev–Trinajstić information content (AvgIpc) is 3.42. The van der Waals surface area contributed by atoms with Crippen LogP contribution < -0.4 is 4.74 Å². The lowest BCUT2D eigenvalue weighted by Gasteiger charge is -2.28. The quantitative estimate of drug-likeness (QED) is 0.152. The number of carbonyl (C=O) groups excluding carboxylic acids is 2. The molecule has 0 atom stereocenters. The van der Waals surface area contributed by atoms with Crippen LogP contribution in [-0.4, -0.2) is 60.1 Å². The summed E-state index contributed by atoms with van der Waals surface area (Å²) in [6.45, 7) is 2.09. The summed E-state index contributed by atoms with van der Waals surface area (Å²) in [6, 6.07) is 26.5. The van der Waals surface area contributed by atoms with Crippen LogP contribution >= 0.6 is 23.2 Å². The Labute approximate surface area is 257 Å². The van der Waals surface area contributed by atoms with Crippen LogP contribution in [0, 0.1) is 0 Å². The zero-order valence-corrected chi connectivity index (χ0v) is 25.4. The van der Waals surface area contributed by atoms with Gasteiger partial charge < -0.3 is 23.8 Å². The van der Waals surface area contributed by atoms with Crippen LogP contribution in [0.25, 0.3) is 0 Å². The molecule has 0 saturated carbocycles. The molecule has 220 valence electrons. The number of hydrogen-bond donors (Lipinski definition) is 0. The van der Waals surface area contributed by atoms with Gasteiger partial charge in [-0.1, -0.05) is 65.7 Å². The molecule has 0 aliphatic carbocycles. The van der Waals surface area contributed by atoms with Crippen molar-refractivity contribution in [3.63, 3.8) is 0 Å². The minimum absolute atomic E-state index is 0.101. The first-order valence-electron chi connectivity index (χ1n) is 13.7. The lowest BCUT2D eigenvalue weighted by atomic mass is 10.1. The van der Waals surface area contributed by atoms with E-state index in [0.29, 0.717) is 54.8 Å². The SMILES string of the molecule is COCCCN(CC(=O)N(Cc1ccccc1)Cc1cccn1Cc1cccc(OC)c1)C(=O)c1cc(Cl)cc(Cl)c1. The third kappa shape index (κ3) is 8.86. The Morgan fingerprint density at radius 1 is 0.810 bits per heavy atom. The Hall–Kier alpha value is -3.78. The van der Waals surface area contributed by atoms with Crippen LogP contribution in [0.4, 0.5) is 0 Å². The topological polar surface area (TPSA) is 64.0 Å². The van der Waals surface area contributed by atoms with E-state index in [1.165, 1.54) is 4.90 Å². The zero-order chi connectivity index (χ0) is 29.9. The van der Waals surface area contributed by atoms with E-state index in [9.17, 15) is 9.59 Å². The lowest BCUT2D eigenvalue weighted by Crippen LogP contribution is -2.43. The fourth-order valence-electron chi connectivity index (χ4n) is 4.72. The summed E-state index contributed by atoms with van der Waals surface area (Å²) in [5.41, 5.74) is 3.39. The van der Waals surface area contributed by atoms with Crippen LogP contribution in [0.15, 0.2) is 91.1 Å². The molecule has 4 aromatic rings. The minimum Gasteiger partial charge on any atom is -0.497 e. The standard InChI is InChI=1S/C33H35Cl2N3O4/c1-41-16-8-15-37(33(40)27-18-28(34)20-29(35)19-27)24-32(39)38(21-25-9-4-3-5-10-25)23-30-12-7-14-36(30)22-26-11-6-13-31(17-26)42-2/h3-7,9-14,17-20H,8,15-16,21-24H2,1-2H3. The zero-order valence-electron chi connectivity index (χ0n) is 23.8. The summed E-state index contributed by atoms with van der Waals surface area (Å²) < 4.78 is 12.7. The average molecular weight is 609 g/mol. The number of rotatable bonds is 14. The van der Waals surface area contributed by atoms with Crippen LogP contribution in [0.1, 0.15) is 33.6 Å². The highest BCUT2D eigenvalue weighted by molar-refractivity contribution is 6.35. The van der Waals surface area contributed by atoms with Gasteiger partial charge in [0.15, 0.2) is 0 Å². The molecule has 2 amide bonds. The Morgan fingerprint density at radius 3 is 2.26 bits per heavy atom. The molecule has 0 N–H and O–H groups in total. The van der Waals surface area contributed by atoms with Gasteiger partial charge in [0.1, 0.15) is 12.3 Å². The van der Waals surface area contributed by atoms with E-state index >= 15 is 0 Å². The number of carbonyl (C=O) groups is 2. The molecular weight excluding hydrogens is 573 g/mol. The van der Waals surface area contributed by atoms with Crippen molar-refractivity contribution in [2.45, 2.75) is 26.1 Å². The van der Waals surface area contributed by atoms with Crippen LogP contribution in [0.2, 0.25) is 10.0 Å². The molecule has 0 aliphatic rings. The van der Waals surface area contributed by atoms with E-state index in [-0.39, 0.29) is 18.4 Å². The van der Waals surface area contributed by atoms with Gasteiger partial charge in [0, 0.05) is 60.9 Å². The summed E-state index contributed by atoms with van der Waals surface area (Å²) >= 11 is 12.4. The van der Waals surface area contributed by atoms with Gasteiger partial charge in [-0.3, -0.25) is 9.59 Å². The molecule has 42 heavy (non-hydrogen) atoms. The number of nitrogens with zero attached hydrogens (tertiary/aromatic N) is 3. The van der Waals surface area contributed by atoms with Gasteiger partial charge in [-0.15, -0.1) is 0 Å². The fraction of sp³-hybridized carbons (Fsp3) is 0.273. The number of halogens is 2. The minimum atomic E-state index is -0.315. The highest BCUT2D eigenvalue weighted by Gasteiger charge is 2.24. The van der Waals surface area contributed by atoms with Gasteiger partial charge in [-0.05, 0) is 60.0 Å². The first-order chi connectivity index (χ1) is 20.4. The fourth-order valence-corrected chi connectivity index (χ4v) is 5.25. The van der Waals surface area contributed by atoms with Crippen LogP contribution in [0.5, 0.6) is 5.75 Å². The first-order valence-corrected chi connectivity index (χ1v) is 14.4. The summed E-state index contributed by atoms with van der Waals surface area (Å²) in [5.74, 6) is 0.304. The van der Waals surface area contributed by atoms with Crippen LogP contribution in [-0.2, 0) is 29.2 Å². The lowest BCUT2D eigenvalue weighted by molar-refractivity contribution is -0.133. The second-order valence-electron chi connectivity index (χ2n) is 9.95. The molecule has 0 spiro atoms. The van der Waals surface area contributed by atoms with Crippen molar-refractivity contribution >= 4 is 35.0 Å². The molecule has 3 aromatic carbocycles. The van der Waals surface area contributed by atoms with Crippen molar-refractivity contribution in [1.82, 2.24) is 14.4 Å². The number of aromatic nitrogens is 1.